The number of hydrogen-bond donors (Lipinski definition) is 1. The Bertz CT molecular complexity index is 2570. The smallest absolute Gasteiger partial charge is 0.0552 e. The van der Waals surface area contributed by atoms with Crippen LogP contribution in [0.4, 0.5) is 17.1 Å². The summed E-state index contributed by atoms with van der Waals surface area (Å²) >= 11 is 0. The van der Waals surface area contributed by atoms with Gasteiger partial charge in [0.2, 0.25) is 0 Å². The minimum atomic E-state index is 1.09. The highest BCUT2D eigenvalue weighted by atomic mass is 15.1. The summed E-state index contributed by atoms with van der Waals surface area (Å²) in [5.41, 5.74) is 15.0. The van der Waals surface area contributed by atoms with Crippen LogP contribution in [0.25, 0.3) is 66.3 Å². The fourth-order valence-electron chi connectivity index (χ4n) is 7.40. The van der Waals surface area contributed by atoms with E-state index >= 15 is 0 Å². The van der Waals surface area contributed by atoms with Crippen molar-refractivity contribution in [2.45, 2.75) is 0 Å². The van der Waals surface area contributed by atoms with Gasteiger partial charge in [-0.25, -0.2) is 0 Å². The van der Waals surface area contributed by atoms with Crippen molar-refractivity contribution in [1.82, 2.24) is 4.98 Å². The Kier molecular flexibility index (Phi) is 7.53. The highest BCUT2D eigenvalue weighted by Crippen LogP contribution is 2.51. The van der Waals surface area contributed by atoms with Crippen LogP contribution in [0.3, 0.4) is 0 Å². The molecule has 9 aromatic rings. The van der Waals surface area contributed by atoms with Crippen LogP contribution in [0.1, 0.15) is 0 Å². The minimum Gasteiger partial charge on any atom is -0.354 e. The van der Waals surface area contributed by atoms with Gasteiger partial charge in [-0.1, -0.05) is 164 Å². The molecule has 0 aliphatic carbocycles. The van der Waals surface area contributed by atoms with Gasteiger partial charge in [-0.2, -0.15) is 0 Å². The van der Waals surface area contributed by atoms with Gasteiger partial charge in [0.25, 0.3) is 0 Å². The Labute approximate surface area is 292 Å². The zero-order valence-electron chi connectivity index (χ0n) is 27.5. The number of rotatable bonds is 7. The number of benzene rings is 8. The molecule has 0 saturated heterocycles. The summed E-state index contributed by atoms with van der Waals surface area (Å²) in [6.07, 6.45) is 0. The molecule has 0 spiro atoms. The molecule has 1 aromatic heterocycles. The van der Waals surface area contributed by atoms with Crippen LogP contribution < -0.4 is 4.90 Å². The number of nitrogens with one attached hydrogen (secondary N) is 1. The molecule has 8 aromatic carbocycles. The second-order valence-electron chi connectivity index (χ2n) is 12.6. The number of H-pyrrole nitrogens is 1. The molecule has 1 heterocycles. The summed E-state index contributed by atoms with van der Waals surface area (Å²) < 4.78 is 0. The molecule has 2 heteroatoms. The topological polar surface area (TPSA) is 19.0 Å². The third-order valence-corrected chi connectivity index (χ3v) is 9.61. The second-order valence-corrected chi connectivity index (χ2v) is 12.6. The van der Waals surface area contributed by atoms with E-state index in [-0.39, 0.29) is 0 Å². The fourth-order valence-corrected chi connectivity index (χ4v) is 7.40. The third-order valence-electron chi connectivity index (χ3n) is 9.61. The molecule has 0 atom stereocenters. The summed E-state index contributed by atoms with van der Waals surface area (Å²) in [6.45, 7) is 0. The molecule has 0 saturated carbocycles. The molecule has 2 nitrogen and oxygen atoms in total. The zero-order valence-corrected chi connectivity index (χ0v) is 27.5. The van der Waals surface area contributed by atoms with E-state index in [1.165, 1.54) is 49.7 Å². The number of aromatic nitrogens is 1. The van der Waals surface area contributed by atoms with Gasteiger partial charge in [-0.15, -0.1) is 0 Å². The molecular formula is C48H34N2. The normalized spacial score (nSPS) is 11.2. The van der Waals surface area contributed by atoms with Crippen LogP contribution >= 0.6 is 0 Å². The van der Waals surface area contributed by atoms with Crippen LogP contribution in [0.2, 0.25) is 0 Å². The number of hydrogen-bond acceptors (Lipinski definition) is 1. The molecule has 0 fully saturated rings. The first-order chi connectivity index (χ1) is 24.8. The van der Waals surface area contributed by atoms with Crippen molar-refractivity contribution in [2.24, 2.45) is 0 Å². The van der Waals surface area contributed by atoms with Crippen LogP contribution in [-0.4, -0.2) is 4.98 Å². The lowest BCUT2D eigenvalue weighted by Crippen LogP contribution is -2.12. The summed E-state index contributed by atoms with van der Waals surface area (Å²) in [5.74, 6) is 0. The van der Waals surface area contributed by atoms with E-state index < -0.39 is 0 Å². The lowest BCUT2D eigenvalue weighted by molar-refractivity contribution is 1.28. The van der Waals surface area contributed by atoms with E-state index in [0.29, 0.717) is 0 Å². The Balaban J connectivity index is 1.42. The zero-order chi connectivity index (χ0) is 33.3. The molecule has 236 valence electrons. The van der Waals surface area contributed by atoms with Gasteiger partial charge in [-0.3, -0.25) is 0 Å². The average molecular weight is 639 g/mol. The summed E-state index contributed by atoms with van der Waals surface area (Å²) in [4.78, 5) is 6.33. The molecule has 9 rings (SSSR count). The quantitative estimate of drug-likeness (QED) is 0.184. The fraction of sp³-hybridized carbons (Fsp3) is 0. The maximum absolute atomic E-state index is 3.90. The monoisotopic (exact) mass is 638 g/mol. The number of nitrogens with zero attached hydrogens (tertiary/aromatic N) is 1. The molecule has 0 aliphatic heterocycles. The van der Waals surface area contributed by atoms with Crippen LogP contribution in [0.5, 0.6) is 0 Å². The van der Waals surface area contributed by atoms with Crippen molar-refractivity contribution in [1.29, 1.82) is 0 Å². The van der Waals surface area contributed by atoms with Gasteiger partial charge >= 0.3 is 0 Å². The average Bonchev–Trinajstić information content (AvgIpc) is 3.58. The van der Waals surface area contributed by atoms with Crippen molar-refractivity contribution < 1.29 is 0 Å². The van der Waals surface area contributed by atoms with E-state index in [1.807, 2.05) is 0 Å². The predicted octanol–water partition coefficient (Wildman–Crippen LogP) is 13.5. The SMILES string of the molecule is c1ccc(-c2ccccc2N(c2ccccc2)c2ccccc2-c2c(-c3ccccc3)c(-c3ccccc3)cc3c2[nH]c2ccccc23)cc1. The molecule has 0 radical (unpaired) electrons. The lowest BCUT2D eigenvalue weighted by Gasteiger charge is -2.30. The summed E-state index contributed by atoms with van der Waals surface area (Å²) in [7, 11) is 0. The van der Waals surface area contributed by atoms with Crippen molar-refractivity contribution in [3.8, 4) is 44.5 Å². The maximum Gasteiger partial charge on any atom is 0.0552 e. The maximum atomic E-state index is 3.90. The Hall–Kier alpha value is -6.64. The Morgan fingerprint density at radius 1 is 0.340 bits per heavy atom. The summed E-state index contributed by atoms with van der Waals surface area (Å²) in [6, 6.07) is 71.8. The van der Waals surface area contributed by atoms with Gasteiger partial charge in [0.15, 0.2) is 0 Å². The number of fused-ring (bicyclic) bond motifs is 3. The van der Waals surface area contributed by atoms with Gasteiger partial charge in [0, 0.05) is 38.7 Å². The first-order valence-electron chi connectivity index (χ1n) is 17.1. The largest absolute Gasteiger partial charge is 0.354 e. The van der Waals surface area contributed by atoms with Gasteiger partial charge in [0.05, 0.1) is 16.9 Å². The van der Waals surface area contributed by atoms with Crippen molar-refractivity contribution in [3.05, 3.63) is 200 Å². The summed E-state index contributed by atoms with van der Waals surface area (Å²) in [5, 5.41) is 2.42. The van der Waals surface area contributed by atoms with Crippen LogP contribution in [-0.2, 0) is 0 Å². The number of anilines is 3. The van der Waals surface area contributed by atoms with Crippen molar-refractivity contribution in [2.75, 3.05) is 4.90 Å². The molecule has 0 unspecified atom stereocenters. The molecule has 0 amide bonds. The number of aromatic amines is 1. The molecule has 50 heavy (non-hydrogen) atoms. The molecule has 0 bridgehead atoms. The van der Waals surface area contributed by atoms with E-state index in [9.17, 15) is 0 Å². The first kappa shape index (κ1) is 29.5. The standard InChI is InChI=1S/C48H34N2/c1-5-19-34(20-6-1)38-27-14-17-31-44(38)50(37-25-11-4-12-26-37)45-32-18-15-29-40(45)47-46(36-23-9-3-10-24-36)41(35-21-7-2-8-22-35)33-42-39-28-13-16-30-43(39)49-48(42)47/h1-33,49H. The van der Waals surface area contributed by atoms with Gasteiger partial charge in [-0.05, 0) is 64.2 Å². The highest BCUT2D eigenvalue weighted by Gasteiger charge is 2.26. The molecule has 1 N–H and O–H groups in total. The minimum absolute atomic E-state index is 1.09. The van der Waals surface area contributed by atoms with E-state index in [1.54, 1.807) is 0 Å². The second kappa shape index (κ2) is 12.8. The van der Waals surface area contributed by atoms with E-state index in [2.05, 4.69) is 210 Å². The third kappa shape index (κ3) is 5.15. The Morgan fingerprint density at radius 3 is 1.48 bits per heavy atom. The predicted molar refractivity (Wildman–Crippen MR) is 212 cm³/mol. The lowest BCUT2D eigenvalue weighted by atomic mass is 9.85. The van der Waals surface area contributed by atoms with E-state index in [0.717, 1.165) is 33.7 Å². The van der Waals surface area contributed by atoms with Gasteiger partial charge < -0.3 is 9.88 Å². The highest BCUT2D eigenvalue weighted by molar-refractivity contribution is 6.19. The van der Waals surface area contributed by atoms with Crippen LogP contribution in [0.15, 0.2) is 200 Å². The van der Waals surface area contributed by atoms with Crippen molar-refractivity contribution in [3.63, 3.8) is 0 Å². The number of para-hydroxylation sites is 4. The molecular weight excluding hydrogens is 605 g/mol. The molecule has 0 aliphatic rings. The van der Waals surface area contributed by atoms with Crippen LogP contribution in [0, 0.1) is 0 Å². The van der Waals surface area contributed by atoms with Crippen molar-refractivity contribution >= 4 is 38.9 Å². The van der Waals surface area contributed by atoms with E-state index in [4.69, 9.17) is 0 Å². The first-order valence-corrected chi connectivity index (χ1v) is 17.1. The van der Waals surface area contributed by atoms with Gasteiger partial charge in [0.1, 0.15) is 0 Å². The Morgan fingerprint density at radius 2 is 0.820 bits per heavy atom.